The zero-order valence-electron chi connectivity index (χ0n) is 13.9. The first-order valence-corrected chi connectivity index (χ1v) is 8.58. The van der Waals surface area contributed by atoms with Gasteiger partial charge in [0.05, 0.1) is 17.7 Å². The molecule has 2 aliphatic heterocycles. The molecule has 2 heterocycles. The van der Waals surface area contributed by atoms with E-state index in [9.17, 15) is 20.1 Å². The van der Waals surface area contributed by atoms with E-state index in [4.69, 9.17) is 9.47 Å². The van der Waals surface area contributed by atoms with E-state index in [-0.39, 0.29) is 35.8 Å². The standard InChI is InChI=1S/C17H22N2O6/c1-2-3-18-9-4-8-7-5-10-16(25-6-24-10)14(21)11(7)17(23)19-12(8)15(22)13(9)20/h5,8-9,12-13,15,18,20-22H,2-4,6H2,1H3,(H,19,23)/t8-,9-,12-,13-,15+/m1/s1. The third-order valence-electron chi connectivity index (χ3n) is 5.32. The Labute approximate surface area is 144 Å². The lowest BCUT2D eigenvalue weighted by molar-refractivity contribution is -0.0551. The number of rotatable bonds is 3. The number of carbonyl (C=O) groups is 1. The van der Waals surface area contributed by atoms with Gasteiger partial charge in [-0.25, -0.2) is 0 Å². The largest absolute Gasteiger partial charge is 0.504 e. The number of amides is 1. The molecule has 0 radical (unpaired) electrons. The highest BCUT2D eigenvalue weighted by molar-refractivity contribution is 6.01. The maximum Gasteiger partial charge on any atom is 0.255 e. The summed E-state index contributed by atoms with van der Waals surface area (Å²) in [5.41, 5.74) is 0.771. The lowest BCUT2D eigenvalue weighted by Gasteiger charge is -2.46. The molecular weight excluding hydrogens is 328 g/mol. The van der Waals surface area contributed by atoms with Gasteiger partial charge in [-0.2, -0.15) is 0 Å². The van der Waals surface area contributed by atoms with Crippen molar-refractivity contribution in [3.8, 4) is 17.2 Å². The molecule has 0 spiro atoms. The molecule has 8 heteroatoms. The van der Waals surface area contributed by atoms with Gasteiger partial charge in [-0.3, -0.25) is 4.79 Å². The molecule has 4 rings (SSSR count). The fourth-order valence-corrected chi connectivity index (χ4v) is 4.09. The van der Waals surface area contributed by atoms with Crippen molar-refractivity contribution < 1.29 is 29.6 Å². The minimum atomic E-state index is -1.10. The second-order valence-electron chi connectivity index (χ2n) is 6.81. The average Bonchev–Trinajstić information content (AvgIpc) is 3.06. The number of hydrogen-bond acceptors (Lipinski definition) is 7. The number of phenolic OH excluding ortho intramolecular Hbond substituents is 1. The van der Waals surface area contributed by atoms with Crippen LogP contribution in [0.4, 0.5) is 0 Å². The molecule has 0 aromatic heterocycles. The van der Waals surface area contributed by atoms with E-state index < -0.39 is 24.2 Å². The number of phenols is 1. The fourth-order valence-electron chi connectivity index (χ4n) is 4.09. The van der Waals surface area contributed by atoms with E-state index in [1.807, 2.05) is 6.92 Å². The Morgan fingerprint density at radius 1 is 1.32 bits per heavy atom. The van der Waals surface area contributed by atoms with Crippen molar-refractivity contribution in [1.29, 1.82) is 0 Å². The van der Waals surface area contributed by atoms with E-state index in [1.165, 1.54) is 0 Å². The summed E-state index contributed by atoms with van der Waals surface area (Å²) in [7, 11) is 0. The molecule has 3 aliphatic rings. The fraction of sp³-hybridized carbons (Fsp3) is 0.588. The van der Waals surface area contributed by atoms with Gasteiger partial charge in [0.25, 0.3) is 5.91 Å². The quantitative estimate of drug-likeness (QED) is 0.512. The topological polar surface area (TPSA) is 120 Å². The first-order chi connectivity index (χ1) is 12.0. The predicted octanol–water partition coefficient (Wildman–Crippen LogP) is -0.190. The number of ether oxygens (including phenoxy) is 2. The predicted molar refractivity (Wildman–Crippen MR) is 86.9 cm³/mol. The number of aliphatic hydroxyl groups is 2. The average molecular weight is 350 g/mol. The summed E-state index contributed by atoms with van der Waals surface area (Å²) in [5, 5.41) is 37.3. The lowest BCUT2D eigenvalue weighted by atomic mass is 9.71. The molecule has 5 N–H and O–H groups in total. The van der Waals surface area contributed by atoms with Crippen LogP contribution in [0.3, 0.4) is 0 Å². The third kappa shape index (κ3) is 2.44. The van der Waals surface area contributed by atoms with E-state index in [0.717, 1.165) is 13.0 Å². The molecule has 136 valence electrons. The number of carbonyl (C=O) groups excluding carboxylic acids is 1. The Hall–Kier alpha value is -2.03. The van der Waals surface area contributed by atoms with Crippen LogP contribution >= 0.6 is 0 Å². The molecule has 25 heavy (non-hydrogen) atoms. The van der Waals surface area contributed by atoms with Crippen LogP contribution in [0.5, 0.6) is 17.2 Å². The van der Waals surface area contributed by atoms with Crippen LogP contribution in [0.15, 0.2) is 6.07 Å². The molecule has 1 aromatic rings. The lowest BCUT2D eigenvalue weighted by Crippen LogP contribution is -2.63. The summed E-state index contributed by atoms with van der Waals surface area (Å²) in [6.45, 7) is 2.73. The van der Waals surface area contributed by atoms with Gasteiger partial charge in [-0.1, -0.05) is 6.92 Å². The number of aliphatic hydroxyl groups excluding tert-OH is 2. The number of nitrogens with one attached hydrogen (secondary N) is 2. The molecule has 1 aromatic carbocycles. The summed E-state index contributed by atoms with van der Waals surface area (Å²) in [4.78, 5) is 12.5. The molecule has 5 atom stereocenters. The number of fused-ring (bicyclic) bond motifs is 4. The molecule has 0 saturated heterocycles. The van der Waals surface area contributed by atoms with E-state index >= 15 is 0 Å². The molecule has 0 unspecified atom stereocenters. The smallest absolute Gasteiger partial charge is 0.255 e. The van der Waals surface area contributed by atoms with Crippen molar-refractivity contribution in [2.75, 3.05) is 13.3 Å². The summed E-state index contributed by atoms with van der Waals surface area (Å²) in [6, 6.07) is 0.788. The van der Waals surface area contributed by atoms with Crippen LogP contribution < -0.4 is 20.1 Å². The highest BCUT2D eigenvalue weighted by atomic mass is 16.7. The van der Waals surface area contributed by atoms with Crippen LogP contribution in [0, 0.1) is 0 Å². The first kappa shape index (κ1) is 16.4. The maximum absolute atomic E-state index is 12.5. The summed E-state index contributed by atoms with van der Waals surface area (Å²) >= 11 is 0. The second-order valence-corrected chi connectivity index (χ2v) is 6.81. The minimum Gasteiger partial charge on any atom is -0.504 e. The van der Waals surface area contributed by atoms with Gasteiger partial charge >= 0.3 is 0 Å². The van der Waals surface area contributed by atoms with Gasteiger partial charge in [0.2, 0.25) is 12.5 Å². The SMILES string of the molecule is CCCN[C@@H]1C[C@@H]2c3cc4c(c(O)c3C(=O)N[C@H]2[C@H](O)[C@@H]1O)OCO4. The Balaban J connectivity index is 1.76. The zero-order valence-corrected chi connectivity index (χ0v) is 13.9. The molecule has 8 nitrogen and oxygen atoms in total. The van der Waals surface area contributed by atoms with Gasteiger partial charge < -0.3 is 35.4 Å². The van der Waals surface area contributed by atoms with Crippen molar-refractivity contribution >= 4 is 5.91 Å². The highest BCUT2D eigenvalue weighted by Gasteiger charge is 2.49. The Morgan fingerprint density at radius 3 is 2.88 bits per heavy atom. The van der Waals surface area contributed by atoms with Crippen LogP contribution in [0.1, 0.15) is 41.6 Å². The van der Waals surface area contributed by atoms with Gasteiger partial charge in [0, 0.05) is 12.0 Å². The van der Waals surface area contributed by atoms with E-state index in [1.54, 1.807) is 6.07 Å². The van der Waals surface area contributed by atoms with Crippen LogP contribution in [-0.4, -0.2) is 58.9 Å². The van der Waals surface area contributed by atoms with Crippen molar-refractivity contribution in [2.45, 2.75) is 50.0 Å². The van der Waals surface area contributed by atoms with Gasteiger partial charge in [0.15, 0.2) is 11.5 Å². The van der Waals surface area contributed by atoms with Gasteiger partial charge in [-0.15, -0.1) is 0 Å². The summed E-state index contributed by atoms with van der Waals surface area (Å²) < 4.78 is 10.6. The van der Waals surface area contributed by atoms with E-state index in [0.29, 0.717) is 17.7 Å². The third-order valence-corrected chi connectivity index (χ3v) is 5.32. The van der Waals surface area contributed by atoms with Crippen molar-refractivity contribution in [3.63, 3.8) is 0 Å². The monoisotopic (exact) mass is 350 g/mol. The highest BCUT2D eigenvalue weighted by Crippen LogP contribution is 2.49. The van der Waals surface area contributed by atoms with Crippen molar-refractivity contribution in [1.82, 2.24) is 10.6 Å². The van der Waals surface area contributed by atoms with Crippen LogP contribution in [-0.2, 0) is 0 Å². The number of hydrogen-bond donors (Lipinski definition) is 5. The minimum absolute atomic E-state index is 0.0104. The van der Waals surface area contributed by atoms with Crippen LogP contribution in [0.2, 0.25) is 0 Å². The molecule has 1 saturated carbocycles. The van der Waals surface area contributed by atoms with Gasteiger partial charge in [-0.05, 0) is 31.0 Å². The number of benzene rings is 1. The second kappa shape index (κ2) is 6.05. The molecule has 1 amide bonds. The zero-order chi connectivity index (χ0) is 17.7. The normalized spacial score (nSPS) is 32.8. The number of aromatic hydroxyl groups is 1. The first-order valence-electron chi connectivity index (χ1n) is 8.58. The maximum atomic E-state index is 12.5. The Bertz CT molecular complexity index is 709. The Kier molecular flexibility index (Phi) is 3.98. The Morgan fingerprint density at radius 2 is 2.12 bits per heavy atom. The molecule has 1 aliphatic carbocycles. The van der Waals surface area contributed by atoms with Crippen molar-refractivity contribution in [2.24, 2.45) is 0 Å². The summed E-state index contributed by atoms with van der Waals surface area (Å²) in [5.74, 6) is -0.411. The molecule has 0 bridgehead atoms. The van der Waals surface area contributed by atoms with E-state index in [2.05, 4.69) is 10.6 Å². The van der Waals surface area contributed by atoms with Crippen molar-refractivity contribution in [3.05, 3.63) is 17.2 Å². The van der Waals surface area contributed by atoms with Crippen LogP contribution in [0.25, 0.3) is 0 Å². The molecular formula is C17H22N2O6. The van der Waals surface area contributed by atoms with Gasteiger partial charge in [0.1, 0.15) is 6.10 Å². The molecule has 1 fully saturated rings. The summed E-state index contributed by atoms with van der Waals surface area (Å²) in [6.07, 6.45) is -0.648.